The van der Waals surface area contributed by atoms with Crippen LogP contribution in [0.2, 0.25) is 0 Å². The Labute approximate surface area is 595 Å². The second kappa shape index (κ2) is 34.1. The Morgan fingerprint density at radius 3 is 1.49 bits per heavy atom. The maximum absolute atomic E-state index is 14.1. The number of aromatic hydroxyl groups is 2. The lowest BCUT2D eigenvalue weighted by molar-refractivity contribution is -0.108. The molecule has 7 aliphatic rings. The molecule has 7 aromatic rings. The maximum atomic E-state index is 14.1. The van der Waals surface area contributed by atoms with Crippen molar-refractivity contribution in [1.29, 1.82) is 0 Å². The van der Waals surface area contributed by atoms with Crippen LogP contribution in [-0.4, -0.2) is 174 Å². The fraction of sp³-hybridized carbons (Fsp3) is 0.361. The van der Waals surface area contributed by atoms with Crippen LogP contribution in [0.4, 0.5) is 26.3 Å². The number of benzene rings is 4. The molecule has 0 unspecified atom stereocenters. The predicted molar refractivity (Wildman–Crippen MR) is 364 cm³/mol. The van der Waals surface area contributed by atoms with E-state index in [0.29, 0.717) is 50.6 Å². The number of hydrogen-bond donors (Lipinski definition) is 8. The zero-order chi connectivity index (χ0) is 75.5. The molecule has 10 heterocycles. The molecule has 0 radical (unpaired) electrons. The lowest BCUT2D eigenvalue weighted by atomic mass is 10.1. The van der Waals surface area contributed by atoms with Crippen LogP contribution in [0.25, 0.3) is 0 Å². The van der Waals surface area contributed by atoms with Crippen LogP contribution in [0.15, 0.2) is 118 Å². The number of aliphatic hydroxyl groups excluding tert-OH is 1. The maximum Gasteiger partial charge on any atom is 0.358 e. The normalized spacial score (nSPS) is 18.7. The summed E-state index contributed by atoms with van der Waals surface area (Å²) in [4.78, 5) is 133. The van der Waals surface area contributed by atoms with Crippen LogP contribution >= 0.6 is 0 Å². The second-order valence-electron chi connectivity index (χ2n) is 25.3. The number of esters is 1. The summed E-state index contributed by atoms with van der Waals surface area (Å²) >= 11 is 0. The highest BCUT2D eigenvalue weighted by atomic mass is 19.2. The van der Waals surface area contributed by atoms with Gasteiger partial charge in [-0.25, -0.2) is 31.1 Å². The molecule has 14 rings (SSSR count). The van der Waals surface area contributed by atoms with E-state index in [2.05, 4.69) is 35.8 Å². The van der Waals surface area contributed by atoms with Gasteiger partial charge in [0.25, 0.3) is 29.5 Å². The molecule has 7 aliphatic heterocycles. The summed E-state index contributed by atoms with van der Waals surface area (Å²) < 4.78 is 95.0. The Morgan fingerprint density at radius 1 is 0.590 bits per heavy atom. The molecular formula is C72H76F6N12O15. The molecule has 0 saturated carbocycles. The number of rotatable bonds is 16. The first-order valence-electron chi connectivity index (χ1n) is 33.6. The second-order valence-corrected chi connectivity index (χ2v) is 25.3. The summed E-state index contributed by atoms with van der Waals surface area (Å²) in [5, 5.41) is 37.9. The van der Waals surface area contributed by atoms with E-state index in [1.54, 1.807) is 14.4 Å². The van der Waals surface area contributed by atoms with Gasteiger partial charge in [-0.2, -0.15) is 0 Å². The fourth-order valence-corrected chi connectivity index (χ4v) is 13.7. The SMILES string of the molecule is CO.COC(=O)c1c(O)c(=O)c(C(=O)NCc2ccc(F)cc2F)cn1CC=O.NC[C@@H]1CCCN1.O=C(NCc1ccc(F)cc1F)c1cn2c(c(O)c1=O)C(=O)N1C[C@@H]3CCCN3[C@H]1C2.O=C(NCc1ccc(F)cc1F)c1cn2c(c(OCc3ccccc3)c1=O)C(=O)N1C[C@@H]3CCCN3[C@H]1C2. The summed E-state index contributed by atoms with van der Waals surface area (Å²) in [5.74, 6) is -11.1. The highest BCUT2D eigenvalue weighted by Crippen LogP contribution is 2.38. The van der Waals surface area contributed by atoms with E-state index in [9.17, 15) is 84.5 Å². The minimum Gasteiger partial charge on any atom is -0.503 e. The summed E-state index contributed by atoms with van der Waals surface area (Å²) in [5.41, 5.74) is 1.70. The van der Waals surface area contributed by atoms with E-state index >= 15 is 0 Å². The number of carbonyl (C=O) groups is 7. The molecule has 5 saturated heterocycles. The molecule has 0 bridgehead atoms. The molecular weight excluding hydrogens is 1390 g/mol. The highest BCUT2D eigenvalue weighted by Gasteiger charge is 2.50. The van der Waals surface area contributed by atoms with Crippen molar-refractivity contribution < 1.29 is 84.7 Å². The molecule has 556 valence electrons. The molecule has 5 amide bonds. The predicted octanol–water partition coefficient (Wildman–Crippen LogP) is 3.97. The van der Waals surface area contributed by atoms with Crippen molar-refractivity contribution >= 4 is 41.8 Å². The van der Waals surface area contributed by atoms with Crippen molar-refractivity contribution in [2.24, 2.45) is 5.73 Å². The number of hydrogen-bond acceptors (Lipinski definition) is 19. The van der Waals surface area contributed by atoms with Crippen LogP contribution in [-0.2, 0) is 55.4 Å². The highest BCUT2D eigenvalue weighted by molar-refractivity contribution is 6.01. The van der Waals surface area contributed by atoms with E-state index in [-0.39, 0.29) is 102 Å². The molecule has 105 heavy (non-hydrogen) atoms. The van der Waals surface area contributed by atoms with E-state index in [1.165, 1.54) is 48.5 Å². The van der Waals surface area contributed by atoms with Crippen molar-refractivity contribution in [3.05, 3.63) is 225 Å². The molecule has 0 aliphatic carbocycles. The smallest absolute Gasteiger partial charge is 0.358 e. The first-order chi connectivity index (χ1) is 50.5. The average molecular weight is 1460 g/mol. The minimum atomic E-state index is -1.17. The number of ether oxygens (including phenoxy) is 2. The van der Waals surface area contributed by atoms with Crippen molar-refractivity contribution in [1.82, 2.24) is 54.6 Å². The van der Waals surface area contributed by atoms with Crippen LogP contribution in [0.3, 0.4) is 0 Å². The molecule has 4 aromatic carbocycles. The molecule has 9 N–H and O–H groups in total. The van der Waals surface area contributed by atoms with Gasteiger partial charge in [-0.3, -0.25) is 48.2 Å². The Bertz CT molecular complexity index is 4650. The zero-order valence-electron chi connectivity index (χ0n) is 56.9. The topological polar surface area (TPSA) is 352 Å². The number of carbonyl (C=O) groups excluding carboxylic acids is 7. The molecule has 0 spiro atoms. The third-order valence-corrected chi connectivity index (χ3v) is 19.0. The molecule has 3 aromatic heterocycles. The Hall–Kier alpha value is -11.0. The number of nitrogens with zero attached hydrogens (tertiary/aromatic N) is 7. The molecule has 5 fully saturated rings. The van der Waals surface area contributed by atoms with Crippen molar-refractivity contribution in [2.45, 2.75) is 115 Å². The number of pyridine rings is 3. The first kappa shape index (κ1) is 76.6. The first-order valence-corrected chi connectivity index (χ1v) is 33.6. The quantitative estimate of drug-likeness (QED) is 0.0385. The Balaban J connectivity index is 0.000000161. The van der Waals surface area contributed by atoms with Crippen molar-refractivity contribution in [2.75, 3.05) is 53.5 Å². The van der Waals surface area contributed by atoms with Crippen molar-refractivity contribution in [3.63, 3.8) is 0 Å². The summed E-state index contributed by atoms with van der Waals surface area (Å²) in [6.07, 6.45) is 10.3. The number of halogens is 6. The largest absolute Gasteiger partial charge is 0.503 e. The molecule has 5 atom stereocenters. The van der Waals surface area contributed by atoms with Gasteiger partial charge in [0.1, 0.15) is 76.8 Å². The third-order valence-electron chi connectivity index (χ3n) is 19.0. The van der Waals surface area contributed by atoms with Crippen LogP contribution < -0.4 is 48.0 Å². The van der Waals surface area contributed by atoms with Gasteiger partial charge in [-0.05, 0) is 68.8 Å². The molecule has 33 heteroatoms. The number of fused-ring (bicyclic) bond motifs is 8. The van der Waals surface area contributed by atoms with Gasteiger partial charge in [0, 0.05) is 131 Å². The average Bonchev–Trinajstić information content (AvgIpc) is 1.66. The summed E-state index contributed by atoms with van der Waals surface area (Å²) in [6.45, 7) is 4.36. The summed E-state index contributed by atoms with van der Waals surface area (Å²) in [7, 11) is 2.01. The van der Waals surface area contributed by atoms with Gasteiger partial charge < -0.3 is 80.1 Å². The number of aldehydes is 1. The number of aromatic nitrogens is 3. The number of aliphatic hydroxyl groups is 1. The van der Waals surface area contributed by atoms with E-state index < -0.39 is 110 Å². The number of nitrogens with two attached hydrogens (primary N) is 1. The van der Waals surface area contributed by atoms with Gasteiger partial charge in [0.05, 0.1) is 26.7 Å². The van der Waals surface area contributed by atoms with E-state index in [1.807, 2.05) is 30.3 Å². The zero-order valence-corrected chi connectivity index (χ0v) is 56.9. The van der Waals surface area contributed by atoms with Crippen LogP contribution in [0.1, 0.15) is 123 Å². The monoisotopic (exact) mass is 1460 g/mol. The van der Waals surface area contributed by atoms with Crippen molar-refractivity contribution in [3.8, 4) is 17.2 Å². The van der Waals surface area contributed by atoms with E-state index in [0.717, 1.165) is 106 Å². The lowest BCUT2D eigenvalue weighted by Crippen LogP contribution is -2.50. The van der Waals surface area contributed by atoms with Gasteiger partial charge in [-0.1, -0.05) is 48.5 Å². The minimum absolute atomic E-state index is 0.0339. The fourth-order valence-electron chi connectivity index (χ4n) is 13.7. The molecule has 27 nitrogen and oxygen atoms in total. The van der Waals surface area contributed by atoms with Gasteiger partial charge in [-0.15, -0.1) is 0 Å². The number of amides is 5. The van der Waals surface area contributed by atoms with Gasteiger partial charge >= 0.3 is 5.97 Å². The Kier molecular flexibility index (Phi) is 24.9. The standard InChI is InChI=1S/C28H26F2N4O4.C21H20F2N4O4.C17H14F2N2O6.C5H12N2.CH4O/c29-19-9-8-18(22(30)11-19)12-31-27(36)21-14-32-15-23-33-10-4-7-20(33)13-34(23)28(37)24(32)26(25(21)35)38-16-17-5-2-1-3-6-17;22-12-4-3-11(15(23)6-12)7-24-20(30)14-9-25-10-16-26-5-1-2-13(26)8-27(16)21(31)17(25)19(29)18(14)28;1-27-17(26)13-15(24)14(23)11(8-21(13)4-5-22)16(25)20-7-9-2-3-10(18)6-12(9)19;6-4-5-2-1-3-7-5;1-2/h1-3,5-6,8-9,11,14,20,23H,4,7,10,12-13,15-16H2,(H,31,36);3-4,6,9,13,16,29H,1-2,5,7-8,10H2,(H,24,30);2-3,5-6,8,24H,4,7H2,1H3,(H,20,25);5,7H,1-4,6H2;2H,1H3/t20-,23+;13-,16+;;5-;/m00.0./s1. The number of methoxy groups -OCH3 is 1. The number of nitrogens with one attached hydrogen (secondary N) is 4. The van der Waals surface area contributed by atoms with Crippen LogP contribution in [0.5, 0.6) is 17.2 Å². The third kappa shape index (κ3) is 16.8. The van der Waals surface area contributed by atoms with Gasteiger partial charge in [0.15, 0.2) is 34.3 Å². The van der Waals surface area contributed by atoms with E-state index in [4.69, 9.17) is 15.6 Å². The van der Waals surface area contributed by atoms with Gasteiger partial charge in [0.2, 0.25) is 16.3 Å². The Morgan fingerprint density at radius 2 is 1.05 bits per heavy atom. The summed E-state index contributed by atoms with van der Waals surface area (Å²) in [6, 6.07) is 19.2. The van der Waals surface area contributed by atoms with Crippen LogP contribution in [0, 0.1) is 34.9 Å². The lowest BCUT2D eigenvalue weighted by Gasteiger charge is -2.36.